The topological polar surface area (TPSA) is 94.3 Å². The Morgan fingerprint density at radius 2 is 1.73 bits per heavy atom. The van der Waals surface area contributed by atoms with Gasteiger partial charge in [-0.05, 0) is 37.6 Å². The van der Waals surface area contributed by atoms with Crippen LogP contribution in [0.5, 0.6) is 0 Å². The quantitative estimate of drug-likeness (QED) is 0.203. The Balaban J connectivity index is 2.23. The van der Waals surface area contributed by atoms with Crippen molar-refractivity contribution in [2.75, 3.05) is 0 Å². The zero-order valence-electron chi connectivity index (χ0n) is 17.2. The summed E-state index contributed by atoms with van der Waals surface area (Å²) in [5, 5.41) is 14.5. The highest BCUT2D eigenvalue weighted by Crippen LogP contribution is 2.36. The second-order valence-corrected chi connectivity index (χ2v) is 6.67. The number of nitrogens with one attached hydrogen (secondary N) is 2. The molecule has 0 spiro atoms. The first-order valence-electron chi connectivity index (χ1n) is 9.20. The first kappa shape index (κ1) is 25.5. The van der Waals surface area contributed by atoms with Gasteiger partial charge in [-0.25, -0.2) is 5.01 Å². The highest BCUT2D eigenvalue weighted by Gasteiger charge is 2.37. The molecule has 176 valence electrons. The van der Waals surface area contributed by atoms with Crippen molar-refractivity contribution in [1.29, 1.82) is 5.41 Å². The average Bonchev–Trinajstić information content (AvgIpc) is 2.75. The highest BCUT2D eigenvalue weighted by atomic mass is 19.4. The number of benzene rings is 1. The van der Waals surface area contributed by atoms with Gasteiger partial charge < -0.3 is 5.32 Å². The van der Waals surface area contributed by atoms with E-state index in [0.717, 1.165) is 17.3 Å². The molecule has 0 aliphatic carbocycles. The number of hydrogen-bond acceptors (Lipinski definition) is 5. The minimum Gasteiger partial charge on any atom is -0.344 e. The van der Waals surface area contributed by atoms with Crippen molar-refractivity contribution in [3.63, 3.8) is 0 Å². The van der Waals surface area contributed by atoms with Crippen LogP contribution in [0.2, 0.25) is 0 Å². The van der Waals surface area contributed by atoms with Crippen LogP contribution in [-0.2, 0) is 17.1 Å². The highest BCUT2D eigenvalue weighted by molar-refractivity contribution is 5.99. The van der Waals surface area contributed by atoms with Gasteiger partial charge in [-0.15, -0.1) is 0 Å². The van der Waals surface area contributed by atoms with Gasteiger partial charge in [0.15, 0.2) is 0 Å². The number of amides is 1. The van der Waals surface area contributed by atoms with Gasteiger partial charge in [0.05, 0.1) is 34.8 Å². The molecule has 1 atom stereocenters. The normalized spacial score (nSPS) is 13.6. The van der Waals surface area contributed by atoms with Gasteiger partial charge in [-0.1, -0.05) is 0 Å². The van der Waals surface area contributed by atoms with E-state index >= 15 is 0 Å². The summed E-state index contributed by atoms with van der Waals surface area (Å²) in [7, 11) is 0. The number of carbonyl (C=O) groups is 1. The summed E-state index contributed by atoms with van der Waals surface area (Å²) in [6.45, 7) is 2.83. The van der Waals surface area contributed by atoms with Crippen LogP contribution in [-0.4, -0.2) is 32.9 Å². The van der Waals surface area contributed by atoms with Gasteiger partial charge in [-0.3, -0.25) is 20.2 Å². The van der Waals surface area contributed by atoms with Gasteiger partial charge in [-0.2, -0.15) is 31.4 Å². The zero-order valence-corrected chi connectivity index (χ0v) is 17.2. The molecule has 0 bridgehead atoms. The van der Waals surface area contributed by atoms with Gasteiger partial charge >= 0.3 is 12.4 Å². The standard InChI is InChI=1S/C20H18F6N6O/c1-12(14-7-15(19(21,22)23)9-16(8-14)20(24,25)26)31-32(11-27)6-3-18(33)30-13(2)17-10-28-4-5-29-17/h3-11,13,27H,1-2H3,(H,30,33)/b6-3-,27-11?,31-12+. The van der Waals surface area contributed by atoms with Gasteiger partial charge in [0.25, 0.3) is 0 Å². The summed E-state index contributed by atoms with van der Waals surface area (Å²) < 4.78 is 78.3. The summed E-state index contributed by atoms with van der Waals surface area (Å²) in [6.07, 6.45) is -3.02. The minimum atomic E-state index is -5.00. The number of carbonyl (C=O) groups excluding carboxylic acids is 1. The second kappa shape index (κ2) is 10.2. The molecular weight excluding hydrogens is 454 g/mol. The van der Waals surface area contributed by atoms with Crippen LogP contribution < -0.4 is 5.32 Å². The Morgan fingerprint density at radius 3 is 2.21 bits per heavy atom. The minimum absolute atomic E-state index is 0.00762. The van der Waals surface area contributed by atoms with E-state index in [1.807, 2.05) is 0 Å². The zero-order chi connectivity index (χ0) is 24.8. The SMILES string of the molecule is C/C(=N\N(C=N)/C=C\C(=O)NC(C)c1cnccn1)c1cc(C(F)(F)F)cc(C(F)(F)F)c1. The Kier molecular flexibility index (Phi) is 7.90. The summed E-state index contributed by atoms with van der Waals surface area (Å²) in [5.74, 6) is -0.605. The summed E-state index contributed by atoms with van der Waals surface area (Å²) >= 11 is 0. The molecular formula is C20H18F6N6O. The van der Waals surface area contributed by atoms with Crippen molar-refractivity contribution >= 4 is 18.0 Å². The predicted octanol–water partition coefficient (Wildman–Crippen LogP) is 4.54. The molecule has 0 fully saturated rings. The molecule has 2 aromatic rings. The first-order valence-corrected chi connectivity index (χ1v) is 9.20. The maximum Gasteiger partial charge on any atom is 0.416 e. The van der Waals surface area contributed by atoms with E-state index in [1.54, 1.807) is 6.92 Å². The monoisotopic (exact) mass is 472 g/mol. The van der Waals surface area contributed by atoms with Gasteiger partial charge in [0.1, 0.15) is 6.34 Å². The van der Waals surface area contributed by atoms with Crippen LogP contribution >= 0.6 is 0 Å². The molecule has 33 heavy (non-hydrogen) atoms. The molecule has 1 heterocycles. The summed E-state index contributed by atoms with van der Waals surface area (Å²) in [6, 6.07) is 0.554. The van der Waals surface area contributed by atoms with E-state index in [9.17, 15) is 31.1 Å². The molecule has 2 N–H and O–H groups in total. The fourth-order valence-corrected chi connectivity index (χ4v) is 2.51. The van der Waals surface area contributed by atoms with Crippen LogP contribution in [0.1, 0.15) is 42.3 Å². The molecule has 1 unspecified atom stereocenters. The van der Waals surface area contributed by atoms with Crippen molar-refractivity contribution in [1.82, 2.24) is 20.3 Å². The van der Waals surface area contributed by atoms with E-state index in [-0.39, 0.29) is 11.8 Å². The summed E-state index contributed by atoms with van der Waals surface area (Å²) in [4.78, 5) is 20.0. The molecule has 0 radical (unpaired) electrons. The number of nitrogens with zero attached hydrogens (tertiary/aromatic N) is 4. The van der Waals surface area contributed by atoms with Crippen molar-refractivity contribution in [2.45, 2.75) is 32.2 Å². The maximum atomic E-state index is 13.0. The van der Waals surface area contributed by atoms with Crippen molar-refractivity contribution in [3.8, 4) is 0 Å². The Hall–Kier alpha value is -3.77. The third-order valence-electron chi connectivity index (χ3n) is 4.17. The van der Waals surface area contributed by atoms with Gasteiger partial charge in [0, 0.05) is 24.7 Å². The van der Waals surface area contributed by atoms with Crippen LogP contribution in [0, 0.1) is 5.41 Å². The number of alkyl halides is 6. The number of hydrazone groups is 1. The van der Waals surface area contributed by atoms with E-state index in [2.05, 4.69) is 20.4 Å². The molecule has 0 saturated heterocycles. The van der Waals surface area contributed by atoms with E-state index < -0.39 is 41.0 Å². The van der Waals surface area contributed by atoms with Crippen molar-refractivity contribution < 1.29 is 31.1 Å². The number of hydrogen-bond donors (Lipinski definition) is 2. The van der Waals surface area contributed by atoms with E-state index in [4.69, 9.17) is 5.41 Å². The molecule has 0 saturated carbocycles. The lowest BCUT2D eigenvalue weighted by Crippen LogP contribution is -2.26. The molecule has 2 rings (SSSR count). The maximum absolute atomic E-state index is 13.0. The van der Waals surface area contributed by atoms with Crippen molar-refractivity contribution in [3.05, 3.63) is 71.4 Å². The number of aromatic nitrogens is 2. The largest absolute Gasteiger partial charge is 0.416 e. The third kappa shape index (κ3) is 7.40. The fraction of sp³-hybridized carbons (Fsp3) is 0.250. The third-order valence-corrected chi connectivity index (χ3v) is 4.17. The molecule has 0 aliphatic heterocycles. The lowest BCUT2D eigenvalue weighted by molar-refractivity contribution is -0.143. The van der Waals surface area contributed by atoms with Gasteiger partial charge in [0.2, 0.25) is 5.91 Å². The Morgan fingerprint density at radius 1 is 1.12 bits per heavy atom. The van der Waals surface area contributed by atoms with Crippen LogP contribution in [0.3, 0.4) is 0 Å². The Labute approximate surface area is 184 Å². The fourth-order valence-electron chi connectivity index (χ4n) is 2.51. The molecule has 7 nitrogen and oxygen atoms in total. The molecule has 1 aromatic heterocycles. The van der Waals surface area contributed by atoms with Crippen LogP contribution in [0.25, 0.3) is 0 Å². The molecule has 0 aliphatic rings. The predicted molar refractivity (Wildman–Crippen MR) is 107 cm³/mol. The Bertz CT molecular complexity index is 1020. The summed E-state index contributed by atoms with van der Waals surface area (Å²) in [5.41, 5.74) is -3.18. The molecule has 1 aromatic carbocycles. The molecule has 13 heteroatoms. The van der Waals surface area contributed by atoms with E-state index in [0.29, 0.717) is 24.2 Å². The number of halogens is 6. The smallest absolute Gasteiger partial charge is 0.344 e. The lowest BCUT2D eigenvalue weighted by atomic mass is 10.0. The lowest BCUT2D eigenvalue weighted by Gasteiger charge is -2.15. The van der Waals surface area contributed by atoms with Crippen LogP contribution in [0.15, 0.2) is 54.2 Å². The van der Waals surface area contributed by atoms with Crippen LogP contribution in [0.4, 0.5) is 26.3 Å². The van der Waals surface area contributed by atoms with Crippen molar-refractivity contribution in [2.24, 2.45) is 5.10 Å². The first-order chi connectivity index (χ1) is 15.3. The average molecular weight is 472 g/mol. The molecule has 1 amide bonds. The second-order valence-electron chi connectivity index (χ2n) is 6.67. The van der Waals surface area contributed by atoms with E-state index in [1.165, 1.54) is 25.5 Å². The number of rotatable bonds is 7.